The monoisotopic (exact) mass is 657 g/mol. The van der Waals surface area contributed by atoms with Crippen LogP contribution in [0.4, 0.5) is 45.5 Å². The second-order valence-electron chi connectivity index (χ2n) is 14.6. The highest BCUT2D eigenvalue weighted by atomic mass is 16.5. The van der Waals surface area contributed by atoms with Gasteiger partial charge in [-0.2, -0.15) is 0 Å². The quantitative estimate of drug-likeness (QED) is 0.175. The molecule has 0 radical (unpaired) electrons. The number of benzene rings is 7. The lowest BCUT2D eigenvalue weighted by molar-refractivity contribution is 0.478. The van der Waals surface area contributed by atoms with E-state index in [1.54, 1.807) is 0 Å². The summed E-state index contributed by atoms with van der Waals surface area (Å²) in [6.45, 7) is 6.86. The molecule has 3 heterocycles. The SMILES string of the molecule is CC(C)(C)c1cc2c3c(c1)N(c1ccccc1)c1cc(N(c4ccccc4)c4ccccc4)ccc1B3N1c3ccccc3Oc3cccc-2c31. The maximum atomic E-state index is 6.65. The third-order valence-electron chi connectivity index (χ3n) is 10.5. The van der Waals surface area contributed by atoms with Crippen LogP contribution in [0.2, 0.25) is 0 Å². The fourth-order valence-corrected chi connectivity index (χ4v) is 8.19. The Morgan fingerprint density at radius 1 is 0.529 bits per heavy atom. The number of nitrogens with zero attached hydrogens (tertiary/aromatic N) is 3. The molecule has 51 heavy (non-hydrogen) atoms. The van der Waals surface area contributed by atoms with E-state index in [1.165, 1.54) is 33.3 Å². The highest BCUT2D eigenvalue weighted by molar-refractivity contribution is 6.93. The van der Waals surface area contributed by atoms with Gasteiger partial charge in [0.1, 0.15) is 5.75 Å². The van der Waals surface area contributed by atoms with E-state index in [1.807, 2.05) is 0 Å². The van der Waals surface area contributed by atoms with E-state index in [0.29, 0.717) is 0 Å². The topological polar surface area (TPSA) is 19.0 Å². The van der Waals surface area contributed by atoms with E-state index in [9.17, 15) is 0 Å². The zero-order valence-electron chi connectivity index (χ0n) is 28.9. The molecule has 0 atom stereocenters. The summed E-state index contributed by atoms with van der Waals surface area (Å²) in [5.74, 6) is 1.77. The van der Waals surface area contributed by atoms with Crippen LogP contribution in [-0.4, -0.2) is 6.85 Å². The molecule has 0 saturated carbocycles. The molecule has 10 rings (SSSR count). The molecule has 0 unspecified atom stereocenters. The molecule has 5 heteroatoms. The number of rotatable bonds is 4. The van der Waals surface area contributed by atoms with Crippen molar-refractivity contribution < 1.29 is 4.74 Å². The molecule has 3 aliphatic rings. The third-order valence-corrected chi connectivity index (χ3v) is 10.5. The number of para-hydroxylation sites is 6. The molecule has 0 spiro atoms. The molecule has 0 N–H and O–H groups in total. The summed E-state index contributed by atoms with van der Waals surface area (Å²) in [6, 6.07) is 59.1. The van der Waals surface area contributed by atoms with Gasteiger partial charge in [-0.1, -0.05) is 112 Å². The zero-order chi connectivity index (χ0) is 34.3. The first-order chi connectivity index (χ1) is 25.0. The third kappa shape index (κ3) is 4.54. The molecular weight excluding hydrogens is 621 g/mol. The molecule has 0 aliphatic carbocycles. The Kier molecular flexibility index (Phi) is 6.50. The summed E-state index contributed by atoms with van der Waals surface area (Å²) in [7, 11) is 0. The predicted octanol–water partition coefficient (Wildman–Crippen LogP) is 11.3. The van der Waals surface area contributed by atoms with Crippen LogP contribution in [0.25, 0.3) is 11.1 Å². The smallest absolute Gasteiger partial charge is 0.333 e. The van der Waals surface area contributed by atoms with Crippen LogP contribution in [0.5, 0.6) is 11.5 Å². The van der Waals surface area contributed by atoms with E-state index in [0.717, 1.165) is 51.3 Å². The number of hydrogen-bond donors (Lipinski definition) is 0. The van der Waals surface area contributed by atoms with Gasteiger partial charge in [-0.25, -0.2) is 0 Å². The Morgan fingerprint density at radius 3 is 1.88 bits per heavy atom. The van der Waals surface area contributed by atoms with Gasteiger partial charge >= 0.3 is 6.85 Å². The Hall–Kier alpha value is -6.20. The minimum atomic E-state index is -0.0753. The van der Waals surface area contributed by atoms with Crippen molar-refractivity contribution in [3.05, 3.63) is 169 Å². The van der Waals surface area contributed by atoms with Crippen molar-refractivity contribution in [2.45, 2.75) is 26.2 Å². The molecule has 0 fully saturated rings. The molecule has 0 bridgehead atoms. The lowest BCUT2D eigenvalue weighted by atomic mass is 9.43. The minimum absolute atomic E-state index is 0.0714. The molecule has 244 valence electrons. The second-order valence-corrected chi connectivity index (χ2v) is 14.6. The average Bonchev–Trinajstić information content (AvgIpc) is 3.16. The van der Waals surface area contributed by atoms with E-state index in [-0.39, 0.29) is 12.3 Å². The Morgan fingerprint density at radius 2 is 1.18 bits per heavy atom. The molecule has 7 aromatic carbocycles. The van der Waals surface area contributed by atoms with Gasteiger partial charge in [-0.3, -0.25) is 0 Å². The summed E-state index contributed by atoms with van der Waals surface area (Å²) in [5, 5.41) is 0. The van der Waals surface area contributed by atoms with Gasteiger partial charge in [0.05, 0.1) is 11.4 Å². The van der Waals surface area contributed by atoms with Crippen molar-refractivity contribution >= 4 is 63.3 Å². The van der Waals surface area contributed by atoms with Gasteiger partial charge < -0.3 is 19.3 Å². The maximum absolute atomic E-state index is 6.65. The summed E-state index contributed by atoms with van der Waals surface area (Å²) in [6.07, 6.45) is 0. The van der Waals surface area contributed by atoms with Crippen LogP contribution >= 0.6 is 0 Å². The maximum Gasteiger partial charge on any atom is 0.333 e. The first-order valence-corrected chi connectivity index (χ1v) is 17.7. The average molecular weight is 658 g/mol. The molecule has 0 saturated heterocycles. The molecule has 0 aromatic heterocycles. The predicted molar refractivity (Wildman–Crippen MR) is 214 cm³/mol. The lowest BCUT2D eigenvalue weighted by Crippen LogP contribution is -2.62. The standard InChI is InChI=1S/C46H36BN3O/c1-46(2,3)31-28-37-36-22-15-25-43-45(36)50(39-23-13-14-24-42(39)51-43)47-38-27-26-35(48(32-16-7-4-8-17-32)33-18-9-5-10-19-33)30-40(38)49(41(29-31)44(37)47)34-20-11-6-12-21-34/h4-30H,1-3H3. The van der Waals surface area contributed by atoms with Crippen molar-refractivity contribution in [1.82, 2.24) is 0 Å². The van der Waals surface area contributed by atoms with Gasteiger partial charge in [-0.15, -0.1) is 0 Å². The van der Waals surface area contributed by atoms with Crippen LogP contribution in [-0.2, 0) is 5.41 Å². The molecule has 0 amide bonds. The highest BCUT2D eigenvalue weighted by Crippen LogP contribution is 2.55. The van der Waals surface area contributed by atoms with Crippen LogP contribution < -0.4 is 30.3 Å². The van der Waals surface area contributed by atoms with Gasteiger partial charge in [0, 0.05) is 39.7 Å². The molecule has 4 nitrogen and oxygen atoms in total. The Balaban J connectivity index is 1.31. The number of hydrogen-bond acceptors (Lipinski definition) is 4. The largest absolute Gasteiger partial charge is 0.453 e. The van der Waals surface area contributed by atoms with Crippen LogP contribution in [0.1, 0.15) is 26.3 Å². The summed E-state index contributed by atoms with van der Waals surface area (Å²) in [5.41, 5.74) is 15.3. The van der Waals surface area contributed by atoms with E-state index >= 15 is 0 Å². The van der Waals surface area contributed by atoms with Crippen LogP contribution in [0, 0.1) is 0 Å². The Labute approximate surface area is 299 Å². The van der Waals surface area contributed by atoms with Crippen LogP contribution in [0.15, 0.2) is 164 Å². The first-order valence-electron chi connectivity index (χ1n) is 17.7. The lowest BCUT2D eigenvalue weighted by Gasteiger charge is -2.48. The number of fused-ring (bicyclic) bond motifs is 6. The number of ether oxygens (including phenoxy) is 1. The highest BCUT2D eigenvalue weighted by Gasteiger charge is 2.48. The van der Waals surface area contributed by atoms with Gasteiger partial charge in [0.15, 0.2) is 5.75 Å². The second kappa shape index (κ2) is 11.2. The zero-order valence-corrected chi connectivity index (χ0v) is 28.9. The Bertz CT molecular complexity index is 2420. The van der Waals surface area contributed by atoms with Gasteiger partial charge in [-0.05, 0) is 100 Å². The van der Waals surface area contributed by atoms with E-state index in [2.05, 4.69) is 199 Å². The summed E-state index contributed by atoms with van der Waals surface area (Å²) >= 11 is 0. The van der Waals surface area contributed by atoms with Crippen molar-refractivity contribution in [2.24, 2.45) is 0 Å². The normalized spacial score (nSPS) is 13.4. The minimum Gasteiger partial charge on any atom is -0.453 e. The molecule has 7 aromatic rings. The molecular formula is C46H36BN3O. The van der Waals surface area contributed by atoms with Gasteiger partial charge in [0.2, 0.25) is 0 Å². The first kappa shape index (κ1) is 29.7. The van der Waals surface area contributed by atoms with Crippen molar-refractivity contribution in [1.29, 1.82) is 0 Å². The van der Waals surface area contributed by atoms with Crippen molar-refractivity contribution in [3.8, 4) is 22.6 Å². The fourth-order valence-electron chi connectivity index (χ4n) is 8.19. The van der Waals surface area contributed by atoms with Gasteiger partial charge in [0.25, 0.3) is 0 Å². The van der Waals surface area contributed by atoms with E-state index < -0.39 is 0 Å². The molecule has 3 aliphatic heterocycles. The van der Waals surface area contributed by atoms with E-state index in [4.69, 9.17) is 4.74 Å². The summed E-state index contributed by atoms with van der Waals surface area (Å²) in [4.78, 5) is 7.39. The summed E-state index contributed by atoms with van der Waals surface area (Å²) < 4.78 is 6.65. The van der Waals surface area contributed by atoms with Crippen molar-refractivity contribution in [2.75, 3.05) is 14.6 Å². The van der Waals surface area contributed by atoms with Crippen molar-refractivity contribution in [3.63, 3.8) is 0 Å². The van der Waals surface area contributed by atoms with Crippen LogP contribution in [0.3, 0.4) is 0 Å². The fraction of sp³-hybridized carbons (Fsp3) is 0.0870. The number of anilines is 8.